The molecule has 2 N–H and O–H groups in total. The monoisotopic (exact) mass is 401 g/mol. The molecule has 4 aromatic rings. The summed E-state index contributed by atoms with van der Waals surface area (Å²) in [5, 5.41) is 6.94. The van der Waals surface area contributed by atoms with Gasteiger partial charge in [-0.2, -0.15) is 0 Å². The maximum Gasteiger partial charge on any atom is 0.258 e. The summed E-state index contributed by atoms with van der Waals surface area (Å²) in [7, 11) is 1.63. The lowest BCUT2D eigenvalue weighted by atomic mass is 10.1. The molecular formula is C24H20FN3O2. The van der Waals surface area contributed by atoms with E-state index in [2.05, 4.69) is 15.6 Å². The number of carbonyl (C=O) groups is 1. The molecule has 0 spiro atoms. The average molecular weight is 401 g/mol. The predicted molar refractivity (Wildman–Crippen MR) is 117 cm³/mol. The van der Waals surface area contributed by atoms with Crippen molar-refractivity contribution < 1.29 is 13.9 Å². The van der Waals surface area contributed by atoms with Gasteiger partial charge >= 0.3 is 0 Å². The highest BCUT2D eigenvalue weighted by Crippen LogP contribution is 2.26. The minimum atomic E-state index is -0.553. The third kappa shape index (κ3) is 4.07. The molecule has 0 saturated carbocycles. The Morgan fingerprint density at radius 2 is 1.70 bits per heavy atom. The Labute approximate surface area is 173 Å². The number of anilines is 3. The maximum atomic E-state index is 13.8. The van der Waals surface area contributed by atoms with Gasteiger partial charge in [0.1, 0.15) is 17.4 Å². The Hall–Kier alpha value is -3.93. The van der Waals surface area contributed by atoms with Crippen LogP contribution in [0.25, 0.3) is 10.9 Å². The van der Waals surface area contributed by atoms with Crippen molar-refractivity contribution in [3.05, 3.63) is 89.7 Å². The number of ether oxygens (including phenoxy) is 1. The third-order valence-corrected chi connectivity index (χ3v) is 4.75. The van der Waals surface area contributed by atoms with Gasteiger partial charge in [0.15, 0.2) is 0 Å². The van der Waals surface area contributed by atoms with E-state index in [1.807, 2.05) is 49.4 Å². The highest BCUT2D eigenvalue weighted by molar-refractivity contribution is 6.05. The van der Waals surface area contributed by atoms with Crippen LogP contribution in [0.4, 0.5) is 21.6 Å². The predicted octanol–water partition coefficient (Wildman–Crippen LogP) is 5.69. The van der Waals surface area contributed by atoms with Gasteiger partial charge in [-0.05, 0) is 73.2 Å². The molecule has 0 aliphatic heterocycles. The van der Waals surface area contributed by atoms with Gasteiger partial charge in [-0.1, -0.05) is 12.1 Å². The number of hydrogen-bond acceptors (Lipinski definition) is 4. The fourth-order valence-corrected chi connectivity index (χ4v) is 3.20. The number of fused-ring (bicyclic) bond motifs is 1. The molecule has 1 heterocycles. The van der Waals surface area contributed by atoms with E-state index in [1.54, 1.807) is 25.3 Å². The Morgan fingerprint density at radius 1 is 0.967 bits per heavy atom. The molecule has 0 unspecified atom stereocenters. The first kappa shape index (κ1) is 19.4. The number of benzene rings is 3. The molecule has 5 nitrogen and oxygen atoms in total. The first-order valence-corrected chi connectivity index (χ1v) is 9.42. The molecule has 0 radical (unpaired) electrons. The smallest absolute Gasteiger partial charge is 0.258 e. The number of rotatable bonds is 5. The molecule has 0 aliphatic carbocycles. The summed E-state index contributed by atoms with van der Waals surface area (Å²) in [6.45, 7) is 1.98. The van der Waals surface area contributed by atoms with Gasteiger partial charge in [0.2, 0.25) is 0 Å². The molecule has 150 valence electrons. The van der Waals surface area contributed by atoms with Crippen LogP contribution < -0.4 is 15.4 Å². The van der Waals surface area contributed by atoms with Gasteiger partial charge in [-0.3, -0.25) is 4.79 Å². The van der Waals surface area contributed by atoms with Gasteiger partial charge in [-0.15, -0.1) is 0 Å². The molecule has 4 rings (SSSR count). The molecule has 0 bridgehead atoms. The molecule has 6 heteroatoms. The van der Waals surface area contributed by atoms with Crippen molar-refractivity contribution >= 4 is 34.0 Å². The summed E-state index contributed by atoms with van der Waals surface area (Å²) in [6.07, 6.45) is 0. The highest BCUT2D eigenvalue weighted by Gasteiger charge is 2.12. The molecular weight excluding hydrogens is 381 g/mol. The molecule has 3 aromatic carbocycles. The second kappa shape index (κ2) is 8.21. The van der Waals surface area contributed by atoms with Crippen molar-refractivity contribution in [2.75, 3.05) is 17.7 Å². The topological polar surface area (TPSA) is 63.2 Å². The minimum absolute atomic E-state index is 0.00600. The Kier molecular flexibility index (Phi) is 5.30. The van der Waals surface area contributed by atoms with Gasteiger partial charge in [0.25, 0.3) is 5.91 Å². The van der Waals surface area contributed by atoms with E-state index in [-0.39, 0.29) is 5.56 Å². The zero-order chi connectivity index (χ0) is 21.1. The number of amides is 1. The largest absolute Gasteiger partial charge is 0.497 e. The zero-order valence-corrected chi connectivity index (χ0v) is 16.6. The number of aryl methyl sites for hydroxylation is 1. The van der Waals surface area contributed by atoms with Crippen molar-refractivity contribution in [2.45, 2.75) is 6.92 Å². The number of nitrogens with one attached hydrogen (secondary N) is 2. The first-order chi connectivity index (χ1) is 14.5. The van der Waals surface area contributed by atoms with Crippen LogP contribution >= 0.6 is 0 Å². The number of hydrogen-bond donors (Lipinski definition) is 2. The van der Waals surface area contributed by atoms with Crippen molar-refractivity contribution in [3.8, 4) is 5.75 Å². The molecule has 1 aromatic heterocycles. The standard InChI is InChI=1S/C24H20FN3O2/c1-15-13-23(26-16-7-10-18(30-2)11-8-16)28-22-12-9-17(14-20(15)22)27-24(29)19-5-3-4-6-21(19)25/h3-14H,1-2H3,(H,26,28)(H,27,29). The lowest BCUT2D eigenvalue weighted by molar-refractivity contribution is 0.102. The summed E-state index contributed by atoms with van der Waals surface area (Å²) in [4.78, 5) is 17.0. The number of nitrogens with zero attached hydrogens (tertiary/aromatic N) is 1. The number of carbonyl (C=O) groups excluding carboxylic acids is 1. The van der Waals surface area contributed by atoms with Crippen LogP contribution in [0.3, 0.4) is 0 Å². The van der Waals surface area contributed by atoms with Crippen LogP contribution in [0.5, 0.6) is 5.75 Å². The average Bonchev–Trinajstić information content (AvgIpc) is 2.75. The Balaban J connectivity index is 1.57. The van der Waals surface area contributed by atoms with E-state index < -0.39 is 11.7 Å². The maximum absolute atomic E-state index is 13.8. The quantitative estimate of drug-likeness (QED) is 0.451. The van der Waals surface area contributed by atoms with Crippen molar-refractivity contribution in [1.82, 2.24) is 4.98 Å². The summed E-state index contributed by atoms with van der Waals surface area (Å²) in [5.74, 6) is 0.459. The summed E-state index contributed by atoms with van der Waals surface area (Å²) in [5.41, 5.74) is 3.27. The van der Waals surface area contributed by atoms with E-state index in [4.69, 9.17) is 4.74 Å². The van der Waals surface area contributed by atoms with Crippen LogP contribution in [0.2, 0.25) is 0 Å². The number of halogens is 1. The van der Waals surface area contributed by atoms with Crippen LogP contribution in [0, 0.1) is 12.7 Å². The van der Waals surface area contributed by atoms with Crippen LogP contribution in [-0.4, -0.2) is 18.0 Å². The lowest BCUT2D eigenvalue weighted by Gasteiger charge is -2.11. The fraction of sp³-hybridized carbons (Fsp3) is 0.0833. The number of aromatic nitrogens is 1. The Morgan fingerprint density at radius 3 is 2.43 bits per heavy atom. The minimum Gasteiger partial charge on any atom is -0.497 e. The van der Waals surface area contributed by atoms with E-state index in [0.29, 0.717) is 11.5 Å². The normalized spacial score (nSPS) is 10.6. The van der Waals surface area contributed by atoms with Crippen LogP contribution in [0.15, 0.2) is 72.8 Å². The summed E-state index contributed by atoms with van der Waals surface area (Å²) in [6, 6.07) is 20.9. The molecule has 30 heavy (non-hydrogen) atoms. The van der Waals surface area contributed by atoms with E-state index in [1.165, 1.54) is 12.1 Å². The summed E-state index contributed by atoms with van der Waals surface area (Å²) < 4.78 is 19.0. The lowest BCUT2D eigenvalue weighted by Crippen LogP contribution is -2.13. The second-order valence-corrected chi connectivity index (χ2v) is 6.84. The molecule has 0 saturated heterocycles. The fourth-order valence-electron chi connectivity index (χ4n) is 3.20. The van der Waals surface area contributed by atoms with Gasteiger partial charge in [-0.25, -0.2) is 9.37 Å². The Bertz CT molecular complexity index is 1220. The molecule has 0 atom stereocenters. The molecule has 0 aliphatic rings. The van der Waals surface area contributed by atoms with Gasteiger partial charge < -0.3 is 15.4 Å². The van der Waals surface area contributed by atoms with Gasteiger partial charge in [0, 0.05) is 16.8 Å². The van der Waals surface area contributed by atoms with E-state index in [9.17, 15) is 9.18 Å². The second-order valence-electron chi connectivity index (χ2n) is 6.84. The summed E-state index contributed by atoms with van der Waals surface area (Å²) >= 11 is 0. The van der Waals surface area contributed by atoms with Gasteiger partial charge in [0.05, 0.1) is 18.2 Å². The number of pyridine rings is 1. The molecule has 0 fully saturated rings. The number of methoxy groups -OCH3 is 1. The van der Waals surface area contributed by atoms with E-state index in [0.717, 1.165) is 27.9 Å². The van der Waals surface area contributed by atoms with Crippen molar-refractivity contribution in [2.24, 2.45) is 0 Å². The molecule has 1 amide bonds. The highest BCUT2D eigenvalue weighted by atomic mass is 19.1. The zero-order valence-electron chi connectivity index (χ0n) is 16.6. The van der Waals surface area contributed by atoms with Crippen LogP contribution in [0.1, 0.15) is 15.9 Å². The van der Waals surface area contributed by atoms with Crippen LogP contribution in [-0.2, 0) is 0 Å². The third-order valence-electron chi connectivity index (χ3n) is 4.75. The van der Waals surface area contributed by atoms with E-state index >= 15 is 0 Å². The van der Waals surface area contributed by atoms with Crippen molar-refractivity contribution in [1.29, 1.82) is 0 Å². The SMILES string of the molecule is COc1ccc(Nc2cc(C)c3cc(NC(=O)c4ccccc4F)ccc3n2)cc1. The van der Waals surface area contributed by atoms with Crippen molar-refractivity contribution in [3.63, 3.8) is 0 Å². The first-order valence-electron chi connectivity index (χ1n) is 9.42.